The standard InChI is InChI=1S/C31H38ClN3O4S/c1-4-24(2)33-31(37)29(21-25-13-7-5-8-14-25)34(23-26-15-9-6-10-16-26)30(36)19-12-20-35(40(3,38)39)28-18-11-17-27(32)22-28/h5-11,13-18,22,24,29H,4,12,19-21,23H2,1-3H3,(H,33,37)/t24-,29+/m1/s1. The average molecular weight is 584 g/mol. The zero-order chi connectivity index (χ0) is 29.1. The fourth-order valence-electron chi connectivity index (χ4n) is 4.41. The Bertz CT molecular complexity index is 1350. The van der Waals surface area contributed by atoms with E-state index >= 15 is 0 Å². The third-order valence-electron chi connectivity index (χ3n) is 6.72. The van der Waals surface area contributed by atoms with Crippen LogP contribution in [0, 0.1) is 0 Å². The molecule has 214 valence electrons. The van der Waals surface area contributed by atoms with Gasteiger partial charge in [0.25, 0.3) is 0 Å². The van der Waals surface area contributed by atoms with Gasteiger partial charge in [-0.05, 0) is 49.1 Å². The number of nitrogens with zero attached hydrogens (tertiary/aromatic N) is 2. The summed E-state index contributed by atoms with van der Waals surface area (Å²) in [4.78, 5) is 29.0. The maximum Gasteiger partial charge on any atom is 0.243 e. The van der Waals surface area contributed by atoms with Crippen molar-refractivity contribution in [1.29, 1.82) is 0 Å². The second-order valence-corrected chi connectivity index (χ2v) is 12.3. The van der Waals surface area contributed by atoms with E-state index < -0.39 is 16.1 Å². The zero-order valence-electron chi connectivity index (χ0n) is 23.3. The van der Waals surface area contributed by atoms with E-state index in [1.54, 1.807) is 29.2 Å². The van der Waals surface area contributed by atoms with Crippen molar-refractivity contribution in [3.05, 3.63) is 101 Å². The van der Waals surface area contributed by atoms with Crippen LogP contribution in [-0.2, 0) is 32.6 Å². The van der Waals surface area contributed by atoms with Gasteiger partial charge in [-0.1, -0.05) is 85.3 Å². The number of halogens is 1. The fourth-order valence-corrected chi connectivity index (χ4v) is 5.55. The number of amides is 2. The maximum atomic E-state index is 13.8. The van der Waals surface area contributed by atoms with Gasteiger partial charge in [0, 0.05) is 37.0 Å². The Labute approximate surface area is 243 Å². The van der Waals surface area contributed by atoms with Crippen LogP contribution in [0.2, 0.25) is 5.02 Å². The molecule has 0 spiro atoms. The van der Waals surface area contributed by atoms with Crippen molar-refractivity contribution in [2.45, 2.75) is 58.2 Å². The molecule has 7 nitrogen and oxygen atoms in total. The summed E-state index contributed by atoms with van der Waals surface area (Å²) in [6.45, 7) is 4.30. The van der Waals surface area contributed by atoms with Crippen molar-refractivity contribution in [3.63, 3.8) is 0 Å². The van der Waals surface area contributed by atoms with Gasteiger partial charge in [0.15, 0.2) is 0 Å². The second-order valence-electron chi connectivity index (χ2n) is 9.95. The number of rotatable bonds is 14. The molecular weight excluding hydrogens is 546 g/mol. The van der Waals surface area contributed by atoms with Crippen LogP contribution in [0.3, 0.4) is 0 Å². The normalized spacial score (nSPS) is 12.8. The Morgan fingerprint density at radius 1 is 0.925 bits per heavy atom. The van der Waals surface area contributed by atoms with E-state index in [2.05, 4.69) is 5.32 Å². The Morgan fingerprint density at radius 3 is 2.12 bits per heavy atom. The van der Waals surface area contributed by atoms with Crippen molar-refractivity contribution in [1.82, 2.24) is 10.2 Å². The monoisotopic (exact) mass is 583 g/mol. The van der Waals surface area contributed by atoms with Crippen LogP contribution in [-0.4, -0.2) is 50.0 Å². The second kappa shape index (κ2) is 14.9. The summed E-state index contributed by atoms with van der Waals surface area (Å²) in [5.74, 6) is -0.428. The molecule has 0 bridgehead atoms. The minimum absolute atomic E-state index is 0.0412. The SMILES string of the molecule is CC[C@@H](C)NC(=O)[C@H](Cc1ccccc1)N(Cc1ccccc1)C(=O)CCCN(c1cccc(Cl)c1)S(C)(=O)=O. The van der Waals surface area contributed by atoms with E-state index in [4.69, 9.17) is 11.6 Å². The molecule has 0 unspecified atom stereocenters. The third kappa shape index (κ3) is 9.38. The van der Waals surface area contributed by atoms with Crippen LogP contribution in [0.5, 0.6) is 0 Å². The lowest BCUT2D eigenvalue weighted by molar-refractivity contribution is -0.141. The number of anilines is 1. The van der Waals surface area contributed by atoms with Gasteiger partial charge in [0.2, 0.25) is 21.8 Å². The summed E-state index contributed by atoms with van der Waals surface area (Å²) >= 11 is 6.10. The molecule has 0 aliphatic heterocycles. The van der Waals surface area contributed by atoms with Gasteiger partial charge < -0.3 is 10.2 Å². The minimum atomic E-state index is -3.60. The van der Waals surface area contributed by atoms with Gasteiger partial charge in [0.1, 0.15) is 6.04 Å². The predicted octanol–water partition coefficient (Wildman–Crippen LogP) is 5.44. The van der Waals surface area contributed by atoms with Crippen LogP contribution in [0.15, 0.2) is 84.9 Å². The minimum Gasteiger partial charge on any atom is -0.352 e. The number of carbonyl (C=O) groups excluding carboxylic acids is 2. The van der Waals surface area contributed by atoms with E-state index in [1.165, 1.54) is 4.31 Å². The fraction of sp³-hybridized carbons (Fsp3) is 0.355. The summed E-state index contributed by atoms with van der Waals surface area (Å²) in [6, 6.07) is 25.0. The van der Waals surface area contributed by atoms with E-state index in [0.717, 1.165) is 23.8 Å². The molecule has 3 aromatic carbocycles. The molecule has 0 saturated heterocycles. The smallest absolute Gasteiger partial charge is 0.243 e. The quantitative estimate of drug-likeness (QED) is 0.274. The molecule has 3 aromatic rings. The van der Waals surface area contributed by atoms with Gasteiger partial charge in [-0.2, -0.15) is 0 Å². The maximum absolute atomic E-state index is 13.8. The summed E-state index contributed by atoms with van der Waals surface area (Å²) < 4.78 is 26.4. The van der Waals surface area contributed by atoms with Crippen molar-refractivity contribution in [2.24, 2.45) is 0 Å². The molecule has 2 atom stereocenters. The Balaban J connectivity index is 1.87. The van der Waals surface area contributed by atoms with Crippen molar-refractivity contribution >= 4 is 39.1 Å². The first-order valence-corrected chi connectivity index (χ1v) is 15.7. The molecule has 9 heteroatoms. The van der Waals surface area contributed by atoms with Crippen molar-refractivity contribution in [2.75, 3.05) is 17.1 Å². The lowest BCUT2D eigenvalue weighted by Gasteiger charge is -2.32. The van der Waals surface area contributed by atoms with Gasteiger partial charge in [-0.25, -0.2) is 8.42 Å². The highest BCUT2D eigenvalue weighted by molar-refractivity contribution is 7.92. The molecule has 3 rings (SSSR count). The van der Waals surface area contributed by atoms with Crippen LogP contribution < -0.4 is 9.62 Å². The topological polar surface area (TPSA) is 86.8 Å². The van der Waals surface area contributed by atoms with E-state index in [0.29, 0.717) is 17.1 Å². The summed E-state index contributed by atoms with van der Waals surface area (Å²) in [7, 11) is -3.60. The summed E-state index contributed by atoms with van der Waals surface area (Å²) in [5, 5.41) is 3.48. The Hall–Kier alpha value is -3.36. The Morgan fingerprint density at radius 2 is 1.55 bits per heavy atom. The average Bonchev–Trinajstić information content (AvgIpc) is 2.93. The molecule has 0 radical (unpaired) electrons. The molecule has 0 saturated carbocycles. The molecule has 2 amide bonds. The van der Waals surface area contributed by atoms with Crippen LogP contribution in [0.1, 0.15) is 44.2 Å². The molecule has 0 aromatic heterocycles. The highest BCUT2D eigenvalue weighted by Crippen LogP contribution is 2.23. The number of nitrogens with one attached hydrogen (secondary N) is 1. The molecular formula is C31H38ClN3O4S. The largest absolute Gasteiger partial charge is 0.352 e. The first-order chi connectivity index (χ1) is 19.1. The molecule has 0 fully saturated rings. The number of benzene rings is 3. The van der Waals surface area contributed by atoms with Gasteiger partial charge in [-0.3, -0.25) is 13.9 Å². The highest BCUT2D eigenvalue weighted by atomic mass is 35.5. The van der Waals surface area contributed by atoms with Gasteiger partial charge in [0.05, 0.1) is 11.9 Å². The predicted molar refractivity (Wildman–Crippen MR) is 162 cm³/mol. The van der Waals surface area contributed by atoms with Crippen LogP contribution >= 0.6 is 11.6 Å². The van der Waals surface area contributed by atoms with Crippen molar-refractivity contribution in [3.8, 4) is 0 Å². The van der Waals surface area contributed by atoms with Gasteiger partial charge in [-0.15, -0.1) is 0 Å². The molecule has 0 aliphatic carbocycles. The lowest BCUT2D eigenvalue weighted by Crippen LogP contribution is -2.52. The number of hydrogen-bond acceptors (Lipinski definition) is 4. The molecule has 1 N–H and O–H groups in total. The first-order valence-electron chi connectivity index (χ1n) is 13.5. The van der Waals surface area contributed by atoms with Crippen LogP contribution in [0.4, 0.5) is 5.69 Å². The highest BCUT2D eigenvalue weighted by Gasteiger charge is 2.31. The Kier molecular flexibility index (Phi) is 11.6. The van der Waals surface area contributed by atoms with Crippen molar-refractivity contribution < 1.29 is 18.0 Å². The number of sulfonamides is 1. The molecule has 40 heavy (non-hydrogen) atoms. The molecule has 0 aliphatic rings. The summed E-state index contributed by atoms with van der Waals surface area (Å²) in [5.41, 5.74) is 2.29. The number of hydrogen-bond donors (Lipinski definition) is 1. The first kappa shape index (κ1) is 31.2. The molecule has 0 heterocycles. The summed E-state index contributed by atoms with van der Waals surface area (Å²) in [6.07, 6.45) is 2.60. The zero-order valence-corrected chi connectivity index (χ0v) is 24.9. The van der Waals surface area contributed by atoms with E-state index in [9.17, 15) is 18.0 Å². The third-order valence-corrected chi connectivity index (χ3v) is 8.15. The van der Waals surface area contributed by atoms with Gasteiger partial charge >= 0.3 is 0 Å². The van der Waals surface area contributed by atoms with Crippen LogP contribution in [0.25, 0.3) is 0 Å². The van der Waals surface area contributed by atoms with E-state index in [1.807, 2.05) is 74.5 Å². The van der Waals surface area contributed by atoms with E-state index in [-0.39, 0.29) is 43.8 Å². The lowest BCUT2D eigenvalue weighted by atomic mass is 10.0. The number of carbonyl (C=O) groups is 2.